The number of aromatic amines is 1. The number of hydrogen-bond acceptors (Lipinski definition) is 9. The van der Waals surface area contributed by atoms with Crippen LogP contribution in [0.25, 0.3) is 22.5 Å². The van der Waals surface area contributed by atoms with E-state index in [1.165, 1.54) is 28.5 Å². The Kier molecular flexibility index (Phi) is 9.44. The lowest BCUT2D eigenvalue weighted by Crippen LogP contribution is -2.57. The van der Waals surface area contributed by atoms with Crippen molar-refractivity contribution in [3.05, 3.63) is 77.3 Å². The second-order valence-electron chi connectivity index (χ2n) is 14.1. The van der Waals surface area contributed by atoms with Gasteiger partial charge in [0.25, 0.3) is 5.91 Å². The van der Waals surface area contributed by atoms with Crippen molar-refractivity contribution in [1.29, 1.82) is 0 Å². The molecule has 51 heavy (non-hydrogen) atoms. The summed E-state index contributed by atoms with van der Waals surface area (Å²) in [5.74, 6) is 3.57. The van der Waals surface area contributed by atoms with Crippen molar-refractivity contribution in [2.45, 2.75) is 50.6 Å². The molecule has 4 aromatic rings. The molecule has 0 aliphatic carbocycles. The van der Waals surface area contributed by atoms with Crippen molar-refractivity contribution in [1.82, 2.24) is 34.8 Å². The smallest absolute Gasteiger partial charge is 0.409 e. The highest BCUT2D eigenvalue weighted by atomic mass is 35.5. The molecular weight excluding hydrogens is 704 g/mol. The number of aromatic nitrogens is 5. The summed E-state index contributed by atoms with van der Waals surface area (Å²) >= 11 is 6.55. The fourth-order valence-electron chi connectivity index (χ4n) is 6.34. The van der Waals surface area contributed by atoms with Crippen molar-refractivity contribution in [3.63, 3.8) is 0 Å². The molecular formula is C34H38ClF2N9O4S. The Morgan fingerprint density at radius 2 is 1.90 bits per heavy atom. The van der Waals surface area contributed by atoms with Crippen LogP contribution in [0, 0.1) is 5.41 Å². The second-order valence-corrected chi connectivity index (χ2v) is 17.3. The van der Waals surface area contributed by atoms with E-state index in [1.54, 1.807) is 48.7 Å². The molecule has 2 aliphatic rings. The Labute approximate surface area is 298 Å². The van der Waals surface area contributed by atoms with Gasteiger partial charge in [-0.25, -0.2) is 19.5 Å². The summed E-state index contributed by atoms with van der Waals surface area (Å²) in [6.45, 7) is 3.32. The minimum absolute atomic E-state index is 0.0875. The van der Waals surface area contributed by atoms with E-state index in [2.05, 4.69) is 26.2 Å². The summed E-state index contributed by atoms with van der Waals surface area (Å²) in [5.41, 5.74) is 7.41. The molecule has 3 N–H and O–H groups in total. The van der Waals surface area contributed by atoms with Crippen molar-refractivity contribution in [3.8, 4) is 22.5 Å². The van der Waals surface area contributed by atoms with Gasteiger partial charge in [0.05, 0.1) is 22.5 Å². The first kappa shape index (κ1) is 36.0. The Balaban J connectivity index is 1.36. The highest BCUT2D eigenvalue weighted by Crippen LogP contribution is 2.45. The maximum absolute atomic E-state index is 14.9. The van der Waals surface area contributed by atoms with Crippen LogP contribution in [-0.4, -0.2) is 94.0 Å². The number of likely N-dealkylation sites (tertiary alicyclic amines) is 1. The van der Waals surface area contributed by atoms with Gasteiger partial charge in [-0.15, -0.1) is 0 Å². The number of carbonyl (C=O) groups is 2. The van der Waals surface area contributed by atoms with E-state index in [9.17, 15) is 22.6 Å². The van der Waals surface area contributed by atoms with Crippen molar-refractivity contribution >= 4 is 45.0 Å². The fourth-order valence-corrected chi connectivity index (χ4v) is 7.54. The van der Waals surface area contributed by atoms with Gasteiger partial charge in [0.1, 0.15) is 12.9 Å². The Bertz CT molecular complexity index is 2080. The number of nitrogens with one attached hydrogen (secondary N) is 1. The van der Waals surface area contributed by atoms with Crippen LogP contribution in [0.4, 0.5) is 13.6 Å². The SMILES string of the molecule is C=S(C)(=O)C1CN(C(=O)OC[C@H](c2ccc(Cl)c(-c3ncn[nH]3)c2)N2C(=O)[C@@](CC(C)(C)C)(c3ccc(-c4cnn(C(F)F)c4)cc3)N=C2N)C1. The standard InChI is InChI=1S/C34H38ClF2N9O4S/c1-33(2,3)18-34(23-9-6-20(7-10-23)22-13-41-45(14-22)30(36)37)29(47)46(31(38)42-34)27(17-50-32(48)44-15-24(16-44)51(4,5)49)21-8-11-26(35)25(12-21)28-39-19-40-43-28/h6-14,19,24,27,30H,4,15-18H2,1-3,5H3,(H2,38,42)(H,39,40,43)/t27-,34-,51?/m1/s1. The van der Waals surface area contributed by atoms with Crippen LogP contribution >= 0.6 is 11.6 Å². The first-order chi connectivity index (χ1) is 24.0. The number of hydrogen-bond donors (Lipinski definition) is 2. The van der Waals surface area contributed by atoms with Crippen molar-refractivity contribution in [2.24, 2.45) is 16.1 Å². The number of aliphatic imine (C=N–C) groups is 1. The summed E-state index contributed by atoms with van der Waals surface area (Å²) in [5, 5.41) is 10.6. The summed E-state index contributed by atoms with van der Waals surface area (Å²) in [4.78, 5) is 39.9. The third kappa shape index (κ3) is 7.19. The van der Waals surface area contributed by atoms with E-state index in [0.29, 0.717) is 43.3 Å². The normalized spacial score (nSPS) is 19.9. The predicted molar refractivity (Wildman–Crippen MR) is 191 cm³/mol. The minimum atomic E-state index is -2.78. The zero-order valence-electron chi connectivity index (χ0n) is 28.4. The number of nitrogens with zero attached hydrogens (tertiary/aromatic N) is 7. The maximum atomic E-state index is 14.9. The average Bonchev–Trinajstić information content (AvgIpc) is 3.78. The third-order valence-corrected chi connectivity index (χ3v) is 11.0. The van der Waals surface area contributed by atoms with Crippen LogP contribution < -0.4 is 5.73 Å². The van der Waals surface area contributed by atoms with E-state index in [0.717, 1.165) is 0 Å². The van der Waals surface area contributed by atoms with Crippen LogP contribution in [0.1, 0.15) is 50.9 Å². The molecule has 17 heteroatoms. The monoisotopic (exact) mass is 741 g/mol. The van der Waals surface area contributed by atoms with Gasteiger partial charge >= 0.3 is 12.6 Å². The largest absolute Gasteiger partial charge is 0.447 e. The molecule has 2 aromatic carbocycles. The van der Waals surface area contributed by atoms with Gasteiger partial charge in [0, 0.05) is 36.7 Å². The number of ether oxygens (including phenoxy) is 1. The summed E-state index contributed by atoms with van der Waals surface area (Å²) < 4.78 is 45.1. The topological polar surface area (TPSA) is 165 Å². The number of carbonyl (C=O) groups excluding carboxylic acids is 2. The molecule has 0 saturated carbocycles. The molecule has 0 bridgehead atoms. The lowest BCUT2D eigenvalue weighted by molar-refractivity contribution is -0.135. The molecule has 6 rings (SSSR count). The molecule has 4 heterocycles. The lowest BCUT2D eigenvalue weighted by atomic mass is 9.75. The third-order valence-electron chi connectivity index (χ3n) is 8.94. The fraction of sp³-hybridized carbons (Fsp3) is 0.382. The zero-order chi connectivity index (χ0) is 36.9. The summed E-state index contributed by atoms with van der Waals surface area (Å²) in [7, 11) is -2.34. The molecule has 1 unspecified atom stereocenters. The molecule has 1 fully saturated rings. The van der Waals surface area contributed by atoms with Crippen molar-refractivity contribution < 1.29 is 27.3 Å². The molecule has 2 aromatic heterocycles. The van der Waals surface area contributed by atoms with E-state index in [-0.39, 0.29) is 37.3 Å². The number of H-pyrrole nitrogens is 1. The van der Waals surface area contributed by atoms with Crippen molar-refractivity contribution in [2.75, 3.05) is 26.0 Å². The maximum Gasteiger partial charge on any atom is 0.409 e. The van der Waals surface area contributed by atoms with Crippen LogP contribution in [-0.2, 0) is 24.6 Å². The Morgan fingerprint density at radius 1 is 1.20 bits per heavy atom. The molecule has 0 spiro atoms. The van der Waals surface area contributed by atoms with E-state index in [4.69, 9.17) is 27.1 Å². The van der Waals surface area contributed by atoms with Gasteiger partial charge in [-0.2, -0.15) is 19.0 Å². The summed E-state index contributed by atoms with van der Waals surface area (Å²) in [6, 6.07) is 11.0. The van der Waals surface area contributed by atoms with Crippen LogP contribution in [0.5, 0.6) is 0 Å². The van der Waals surface area contributed by atoms with Gasteiger partial charge in [0.2, 0.25) is 0 Å². The molecule has 3 atom stereocenters. The first-order valence-electron chi connectivity index (χ1n) is 16.0. The Hall–Kier alpha value is -4.83. The average molecular weight is 742 g/mol. The number of benzene rings is 2. The molecule has 0 radical (unpaired) electrons. The first-order valence-corrected chi connectivity index (χ1v) is 18.5. The molecule has 2 amide bonds. The second kappa shape index (κ2) is 13.4. The highest BCUT2D eigenvalue weighted by molar-refractivity contribution is 8.00. The number of alkyl halides is 2. The zero-order valence-corrected chi connectivity index (χ0v) is 30.0. The van der Waals surface area contributed by atoms with Gasteiger partial charge in [-0.3, -0.25) is 19.0 Å². The molecule has 1 saturated heterocycles. The van der Waals surface area contributed by atoms with Gasteiger partial charge < -0.3 is 15.4 Å². The summed E-state index contributed by atoms with van der Waals surface area (Å²) in [6.07, 6.45) is 5.10. The number of guanidine groups is 1. The number of amides is 2. The van der Waals surface area contributed by atoms with Crippen LogP contribution in [0.15, 0.2) is 66.2 Å². The minimum Gasteiger partial charge on any atom is -0.447 e. The lowest BCUT2D eigenvalue weighted by Gasteiger charge is -2.39. The molecule has 13 nitrogen and oxygen atoms in total. The van der Waals surface area contributed by atoms with Gasteiger partial charge in [-0.1, -0.05) is 62.7 Å². The number of rotatable bonds is 10. The van der Waals surface area contributed by atoms with Gasteiger partial charge in [0.15, 0.2) is 17.3 Å². The Morgan fingerprint density at radius 3 is 2.49 bits per heavy atom. The predicted octanol–water partition coefficient (Wildman–Crippen LogP) is 5.08. The van der Waals surface area contributed by atoms with E-state index in [1.807, 2.05) is 20.8 Å². The van der Waals surface area contributed by atoms with Crippen LogP contribution in [0.2, 0.25) is 5.02 Å². The quantitative estimate of drug-likeness (QED) is 0.213. The molecule has 2 aliphatic heterocycles. The van der Waals surface area contributed by atoms with E-state index < -0.39 is 45.1 Å². The van der Waals surface area contributed by atoms with E-state index >= 15 is 0 Å². The highest BCUT2D eigenvalue weighted by Gasteiger charge is 2.53. The van der Waals surface area contributed by atoms with Crippen LogP contribution in [0.3, 0.4) is 0 Å². The molecule has 270 valence electrons. The van der Waals surface area contributed by atoms with Gasteiger partial charge in [-0.05, 0) is 56.1 Å². The number of halogens is 3. The number of nitrogens with two attached hydrogens (primary N) is 1.